The molecule has 0 unspecified atom stereocenters. The fourth-order valence-electron chi connectivity index (χ4n) is 2.68. The largest absolute Gasteiger partial charge is 0.460 e. The van der Waals surface area contributed by atoms with Crippen LogP contribution in [0.2, 0.25) is 0 Å². The molecule has 0 fully saturated rings. The highest BCUT2D eigenvalue weighted by Crippen LogP contribution is 2.38. The molecular weight excluding hydrogens is 349 g/mol. The summed E-state index contributed by atoms with van der Waals surface area (Å²) in [5, 5.41) is 14.0. The first-order chi connectivity index (χ1) is 12.3. The quantitative estimate of drug-likeness (QED) is 0.566. The van der Waals surface area contributed by atoms with Crippen LogP contribution < -0.4 is 5.73 Å². The second kappa shape index (κ2) is 5.55. The molecule has 0 amide bonds. The molecule has 1 aromatic carbocycles. The lowest BCUT2D eigenvalue weighted by molar-refractivity contribution is -0.136. The van der Waals surface area contributed by atoms with Gasteiger partial charge < -0.3 is 10.2 Å². The summed E-state index contributed by atoms with van der Waals surface area (Å²) in [5.74, 6) is 0.836. The molecule has 0 spiro atoms. The van der Waals surface area contributed by atoms with Gasteiger partial charge in [-0.1, -0.05) is 0 Å². The lowest BCUT2D eigenvalue weighted by Crippen LogP contribution is -2.07. The minimum Gasteiger partial charge on any atom is -0.460 e. The SMILES string of the molecule is Cc1ccc(-c2nc(N)nnc2-c2cc(C(F)(F)F)c3[nH]ncc3c2)o1. The number of nitrogens with one attached hydrogen (secondary N) is 1. The monoisotopic (exact) mass is 360 g/mol. The highest BCUT2D eigenvalue weighted by molar-refractivity contribution is 5.89. The van der Waals surface area contributed by atoms with E-state index in [4.69, 9.17) is 10.2 Å². The van der Waals surface area contributed by atoms with Gasteiger partial charge in [-0.3, -0.25) is 5.10 Å². The zero-order valence-electron chi connectivity index (χ0n) is 13.3. The number of nitrogen functional groups attached to an aromatic ring is 1. The molecule has 0 radical (unpaired) electrons. The molecule has 7 nitrogen and oxygen atoms in total. The maximum Gasteiger partial charge on any atom is 0.418 e. The van der Waals surface area contributed by atoms with Crippen molar-refractivity contribution in [2.24, 2.45) is 0 Å². The van der Waals surface area contributed by atoms with Crippen molar-refractivity contribution in [3.63, 3.8) is 0 Å². The third kappa shape index (κ3) is 2.65. The molecule has 0 aliphatic carbocycles. The zero-order valence-corrected chi connectivity index (χ0v) is 13.3. The van der Waals surface area contributed by atoms with Crippen LogP contribution in [-0.2, 0) is 6.18 Å². The van der Waals surface area contributed by atoms with Crippen LogP contribution in [0.1, 0.15) is 11.3 Å². The van der Waals surface area contributed by atoms with Crippen LogP contribution in [0.15, 0.2) is 34.9 Å². The van der Waals surface area contributed by atoms with Crippen molar-refractivity contribution in [3.05, 3.63) is 41.8 Å². The molecule has 132 valence electrons. The Balaban J connectivity index is 1.99. The average molecular weight is 360 g/mol. The molecule has 0 aliphatic heterocycles. The van der Waals surface area contributed by atoms with Crippen LogP contribution >= 0.6 is 0 Å². The predicted molar refractivity (Wildman–Crippen MR) is 86.8 cm³/mol. The van der Waals surface area contributed by atoms with Crippen LogP contribution in [0.3, 0.4) is 0 Å². The standard InChI is InChI=1S/C16H11F3N6O/c1-7-2-3-11(26-7)14-13(24-25-15(20)22-14)8-4-9-6-21-23-12(9)10(5-8)16(17,18)19/h2-6H,1H3,(H,21,23)(H2,20,22,25). The van der Waals surface area contributed by atoms with Gasteiger partial charge in [0, 0.05) is 10.9 Å². The Morgan fingerprint density at radius 1 is 1.12 bits per heavy atom. The fraction of sp³-hybridized carbons (Fsp3) is 0.125. The van der Waals surface area contributed by atoms with E-state index in [1.807, 2.05) is 0 Å². The van der Waals surface area contributed by atoms with E-state index in [0.29, 0.717) is 11.5 Å². The molecule has 0 saturated carbocycles. The lowest BCUT2D eigenvalue weighted by Gasteiger charge is -2.11. The number of alkyl halides is 3. The number of benzene rings is 1. The number of anilines is 1. The van der Waals surface area contributed by atoms with Crippen molar-refractivity contribution in [1.29, 1.82) is 0 Å². The number of halogens is 3. The Hall–Kier alpha value is -3.43. The summed E-state index contributed by atoms with van der Waals surface area (Å²) in [4.78, 5) is 4.10. The van der Waals surface area contributed by atoms with Gasteiger partial charge in [0.1, 0.15) is 17.1 Å². The van der Waals surface area contributed by atoms with E-state index in [1.54, 1.807) is 19.1 Å². The van der Waals surface area contributed by atoms with Gasteiger partial charge in [-0.05, 0) is 31.2 Å². The van der Waals surface area contributed by atoms with E-state index in [9.17, 15) is 13.2 Å². The Kier molecular flexibility index (Phi) is 3.43. The normalized spacial score (nSPS) is 12.0. The third-order valence-corrected chi connectivity index (χ3v) is 3.80. The molecule has 4 rings (SSSR count). The molecule has 3 heterocycles. The van der Waals surface area contributed by atoms with Crippen LogP contribution in [0, 0.1) is 6.92 Å². The van der Waals surface area contributed by atoms with Crippen molar-refractivity contribution >= 4 is 16.9 Å². The van der Waals surface area contributed by atoms with E-state index in [-0.39, 0.29) is 33.8 Å². The number of aromatic nitrogens is 5. The maximum atomic E-state index is 13.4. The predicted octanol–water partition coefficient (Wildman–Crippen LogP) is 3.58. The molecule has 0 bridgehead atoms. The summed E-state index contributed by atoms with van der Waals surface area (Å²) < 4.78 is 45.9. The molecule has 4 aromatic rings. The summed E-state index contributed by atoms with van der Waals surface area (Å²) in [6, 6.07) is 5.85. The fourth-order valence-corrected chi connectivity index (χ4v) is 2.68. The van der Waals surface area contributed by atoms with Crippen molar-refractivity contribution in [2.45, 2.75) is 13.1 Å². The minimum atomic E-state index is -4.57. The highest BCUT2D eigenvalue weighted by Gasteiger charge is 2.34. The molecule has 0 atom stereocenters. The van der Waals surface area contributed by atoms with Gasteiger partial charge >= 0.3 is 6.18 Å². The number of nitrogens with two attached hydrogens (primary N) is 1. The van der Waals surface area contributed by atoms with Gasteiger partial charge in [-0.25, -0.2) is 4.98 Å². The van der Waals surface area contributed by atoms with Gasteiger partial charge in [0.2, 0.25) is 5.95 Å². The van der Waals surface area contributed by atoms with Gasteiger partial charge in [-0.2, -0.15) is 18.3 Å². The number of hydrogen-bond acceptors (Lipinski definition) is 6. The molecular formula is C16H11F3N6O. The number of furan rings is 1. The van der Waals surface area contributed by atoms with Gasteiger partial charge in [0.15, 0.2) is 5.76 Å². The molecule has 3 aromatic heterocycles. The summed E-state index contributed by atoms with van der Waals surface area (Å²) in [6.07, 6.45) is -3.26. The van der Waals surface area contributed by atoms with E-state index in [1.165, 1.54) is 12.3 Å². The van der Waals surface area contributed by atoms with Crippen LogP contribution in [0.25, 0.3) is 33.6 Å². The summed E-state index contributed by atoms with van der Waals surface area (Å²) >= 11 is 0. The maximum absolute atomic E-state index is 13.4. The first kappa shape index (κ1) is 16.1. The van der Waals surface area contributed by atoms with E-state index < -0.39 is 11.7 Å². The number of aryl methyl sites for hydroxylation is 1. The summed E-state index contributed by atoms with van der Waals surface area (Å²) in [6.45, 7) is 1.74. The summed E-state index contributed by atoms with van der Waals surface area (Å²) in [7, 11) is 0. The molecule has 0 saturated heterocycles. The van der Waals surface area contributed by atoms with Crippen molar-refractivity contribution in [1.82, 2.24) is 25.4 Å². The van der Waals surface area contributed by atoms with Crippen molar-refractivity contribution in [2.75, 3.05) is 5.73 Å². The Morgan fingerprint density at radius 3 is 2.62 bits per heavy atom. The third-order valence-electron chi connectivity index (χ3n) is 3.80. The van der Waals surface area contributed by atoms with Crippen molar-refractivity contribution in [3.8, 4) is 22.7 Å². The van der Waals surface area contributed by atoms with Gasteiger partial charge in [0.25, 0.3) is 0 Å². The lowest BCUT2D eigenvalue weighted by atomic mass is 10.0. The first-order valence-corrected chi connectivity index (χ1v) is 7.44. The molecule has 26 heavy (non-hydrogen) atoms. The number of fused-ring (bicyclic) bond motifs is 1. The molecule has 3 N–H and O–H groups in total. The second-order valence-electron chi connectivity index (χ2n) is 5.63. The minimum absolute atomic E-state index is 0.104. The van der Waals surface area contributed by atoms with E-state index in [0.717, 1.165) is 6.07 Å². The number of aromatic amines is 1. The van der Waals surface area contributed by atoms with Gasteiger partial charge in [0.05, 0.1) is 17.3 Å². The average Bonchev–Trinajstić information content (AvgIpc) is 3.21. The first-order valence-electron chi connectivity index (χ1n) is 7.44. The topological polar surface area (TPSA) is 107 Å². The number of nitrogens with zero attached hydrogens (tertiary/aromatic N) is 4. The van der Waals surface area contributed by atoms with Gasteiger partial charge in [-0.15, -0.1) is 10.2 Å². The Morgan fingerprint density at radius 2 is 1.92 bits per heavy atom. The Bertz CT molecular complexity index is 1110. The highest BCUT2D eigenvalue weighted by atomic mass is 19.4. The second-order valence-corrected chi connectivity index (χ2v) is 5.63. The summed E-state index contributed by atoms with van der Waals surface area (Å²) in [5.41, 5.74) is 5.15. The number of H-pyrrole nitrogens is 1. The van der Waals surface area contributed by atoms with Crippen LogP contribution in [-0.4, -0.2) is 25.4 Å². The van der Waals surface area contributed by atoms with Crippen LogP contribution in [0.4, 0.5) is 19.1 Å². The number of rotatable bonds is 2. The van der Waals surface area contributed by atoms with E-state index >= 15 is 0 Å². The van der Waals surface area contributed by atoms with Crippen molar-refractivity contribution < 1.29 is 17.6 Å². The van der Waals surface area contributed by atoms with E-state index in [2.05, 4.69) is 25.4 Å². The Labute approximate surface area is 144 Å². The number of hydrogen-bond donors (Lipinski definition) is 2. The van der Waals surface area contributed by atoms with Crippen LogP contribution in [0.5, 0.6) is 0 Å². The molecule has 0 aliphatic rings. The molecule has 10 heteroatoms. The zero-order chi connectivity index (χ0) is 18.5. The smallest absolute Gasteiger partial charge is 0.418 e.